The molecule has 1 amide bonds. The summed E-state index contributed by atoms with van der Waals surface area (Å²) in [6, 6.07) is 17.1. The molecule has 0 atom stereocenters. The first-order chi connectivity index (χ1) is 10.3. The molecule has 21 heavy (non-hydrogen) atoms. The van der Waals surface area contributed by atoms with Crippen molar-refractivity contribution >= 4 is 5.91 Å². The van der Waals surface area contributed by atoms with Crippen LogP contribution in [0.4, 0.5) is 0 Å². The van der Waals surface area contributed by atoms with Gasteiger partial charge in [-0.25, -0.2) is 0 Å². The van der Waals surface area contributed by atoms with E-state index in [4.69, 9.17) is 9.47 Å². The van der Waals surface area contributed by atoms with Gasteiger partial charge in [0.15, 0.2) is 0 Å². The average Bonchev–Trinajstić information content (AvgIpc) is 2.55. The van der Waals surface area contributed by atoms with Crippen LogP contribution in [0.5, 0.6) is 5.75 Å². The van der Waals surface area contributed by atoms with Gasteiger partial charge in [-0.2, -0.15) is 0 Å². The molecule has 2 rings (SSSR count). The largest absolute Gasteiger partial charge is 0.496 e. The van der Waals surface area contributed by atoms with Crippen molar-refractivity contribution < 1.29 is 14.3 Å². The lowest BCUT2D eigenvalue weighted by Crippen LogP contribution is -2.27. The van der Waals surface area contributed by atoms with E-state index in [2.05, 4.69) is 5.32 Å². The fourth-order valence-electron chi connectivity index (χ4n) is 1.93. The van der Waals surface area contributed by atoms with Gasteiger partial charge in [-0.15, -0.1) is 0 Å². The average molecular weight is 285 g/mol. The van der Waals surface area contributed by atoms with Gasteiger partial charge in [0, 0.05) is 6.54 Å². The third-order valence-electron chi connectivity index (χ3n) is 3.00. The summed E-state index contributed by atoms with van der Waals surface area (Å²) in [7, 11) is 1.55. The first-order valence-electron chi connectivity index (χ1n) is 6.84. The predicted molar refractivity (Wildman–Crippen MR) is 81.4 cm³/mol. The Morgan fingerprint density at radius 1 is 1.05 bits per heavy atom. The summed E-state index contributed by atoms with van der Waals surface area (Å²) < 4.78 is 10.7. The molecule has 110 valence electrons. The van der Waals surface area contributed by atoms with Gasteiger partial charge in [0.05, 0.1) is 25.9 Å². The molecule has 2 aromatic carbocycles. The number of hydrogen-bond donors (Lipinski definition) is 1. The summed E-state index contributed by atoms with van der Waals surface area (Å²) in [5.41, 5.74) is 1.65. The van der Waals surface area contributed by atoms with E-state index in [-0.39, 0.29) is 5.91 Å². The van der Waals surface area contributed by atoms with Crippen LogP contribution in [0, 0.1) is 0 Å². The Labute approximate surface area is 124 Å². The number of carbonyl (C=O) groups is 1. The summed E-state index contributed by atoms with van der Waals surface area (Å²) in [6.45, 7) is 1.48. The van der Waals surface area contributed by atoms with Gasteiger partial charge in [-0.3, -0.25) is 4.79 Å². The molecule has 2 aromatic rings. The summed E-state index contributed by atoms with van der Waals surface area (Å²) in [6.07, 6.45) is 0. The molecule has 4 nitrogen and oxygen atoms in total. The molecular weight excluding hydrogens is 266 g/mol. The van der Waals surface area contributed by atoms with Crippen molar-refractivity contribution in [2.45, 2.75) is 6.61 Å². The third kappa shape index (κ3) is 4.61. The van der Waals surface area contributed by atoms with Crippen LogP contribution in [0.1, 0.15) is 15.9 Å². The molecule has 1 N–H and O–H groups in total. The SMILES string of the molecule is COc1ccccc1C(=O)NCCOCc1ccccc1. The Morgan fingerprint density at radius 2 is 1.76 bits per heavy atom. The number of amides is 1. The van der Waals surface area contributed by atoms with Crippen molar-refractivity contribution in [3.05, 3.63) is 65.7 Å². The number of hydrogen-bond acceptors (Lipinski definition) is 3. The highest BCUT2D eigenvalue weighted by molar-refractivity contribution is 5.96. The van der Waals surface area contributed by atoms with Crippen molar-refractivity contribution in [3.8, 4) is 5.75 Å². The fourth-order valence-corrected chi connectivity index (χ4v) is 1.93. The zero-order valence-corrected chi connectivity index (χ0v) is 12.0. The highest BCUT2D eigenvalue weighted by Gasteiger charge is 2.10. The molecule has 0 saturated heterocycles. The van der Waals surface area contributed by atoms with Crippen LogP contribution in [0.15, 0.2) is 54.6 Å². The van der Waals surface area contributed by atoms with Gasteiger partial charge < -0.3 is 14.8 Å². The molecule has 0 unspecified atom stereocenters. The smallest absolute Gasteiger partial charge is 0.255 e. The van der Waals surface area contributed by atoms with Crippen molar-refractivity contribution in [3.63, 3.8) is 0 Å². The second-order valence-corrected chi connectivity index (χ2v) is 4.49. The van der Waals surface area contributed by atoms with Crippen LogP contribution in [0.25, 0.3) is 0 Å². The monoisotopic (exact) mass is 285 g/mol. The molecule has 4 heteroatoms. The Balaban J connectivity index is 1.72. The van der Waals surface area contributed by atoms with Crippen molar-refractivity contribution in [2.75, 3.05) is 20.3 Å². The number of nitrogens with one attached hydrogen (secondary N) is 1. The van der Waals surface area contributed by atoms with E-state index in [9.17, 15) is 4.79 Å². The quantitative estimate of drug-likeness (QED) is 0.796. The van der Waals surface area contributed by atoms with Crippen LogP contribution < -0.4 is 10.1 Å². The molecular formula is C17H19NO3. The first-order valence-corrected chi connectivity index (χ1v) is 6.84. The maximum Gasteiger partial charge on any atom is 0.255 e. The Hall–Kier alpha value is -2.33. The summed E-state index contributed by atoms with van der Waals surface area (Å²) in [5, 5.41) is 2.82. The van der Waals surface area contributed by atoms with Crippen molar-refractivity contribution in [2.24, 2.45) is 0 Å². The van der Waals surface area contributed by atoms with Gasteiger partial charge in [-0.05, 0) is 17.7 Å². The lowest BCUT2D eigenvalue weighted by molar-refractivity contribution is 0.0898. The Kier molecular flexibility index (Phi) is 5.79. The van der Waals surface area contributed by atoms with Crippen molar-refractivity contribution in [1.82, 2.24) is 5.32 Å². The molecule has 0 aliphatic heterocycles. The fraction of sp³-hybridized carbons (Fsp3) is 0.235. The van der Waals surface area contributed by atoms with Crippen LogP contribution in [-0.2, 0) is 11.3 Å². The normalized spacial score (nSPS) is 10.1. The minimum Gasteiger partial charge on any atom is -0.496 e. The Morgan fingerprint density at radius 3 is 2.52 bits per heavy atom. The number of rotatable bonds is 7. The lowest BCUT2D eigenvalue weighted by atomic mass is 10.2. The molecule has 0 aromatic heterocycles. The van der Waals surface area contributed by atoms with Crippen LogP contribution in [0.3, 0.4) is 0 Å². The van der Waals surface area contributed by atoms with E-state index in [0.29, 0.717) is 31.1 Å². The van der Waals surface area contributed by atoms with Crippen molar-refractivity contribution in [1.29, 1.82) is 0 Å². The van der Waals surface area contributed by atoms with E-state index >= 15 is 0 Å². The highest BCUT2D eigenvalue weighted by Crippen LogP contribution is 2.16. The molecule has 0 bridgehead atoms. The lowest BCUT2D eigenvalue weighted by Gasteiger charge is -2.09. The standard InChI is InChI=1S/C17H19NO3/c1-20-16-10-6-5-9-15(16)17(19)18-11-12-21-13-14-7-3-2-4-8-14/h2-10H,11-13H2,1H3,(H,18,19). The maximum absolute atomic E-state index is 12.0. The minimum absolute atomic E-state index is 0.157. The second kappa shape index (κ2) is 8.07. The Bertz CT molecular complexity index is 569. The van der Waals surface area contributed by atoms with E-state index < -0.39 is 0 Å². The van der Waals surface area contributed by atoms with E-state index in [0.717, 1.165) is 5.56 Å². The molecule has 0 aliphatic carbocycles. The zero-order chi connectivity index (χ0) is 14.9. The maximum atomic E-state index is 12.0. The van der Waals surface area contributed by atoms with E-state index in [1.165, 1.54) is 0 Å². The van der Waals surface area contributed by atoms with E-state index in [1.54, 1.807) is 19.2 Å². The van der Waals surface area contributed by atoms with Crippen LogP contribution in [-0.4, -0.2) is 26.2 Å². The molecule has 0 spiro atoms. The molecule has 0 heterocycles. The zero-order valence-electron chi connectivity index (χ0n) is 12.0. The topological polar surface area (TPSA) is 47.6 Å². The molecule has 0 fully saturated rings. The number of para-hydroxylation sites is 1. The van der Waals surface area contributed by atoms with E-state index in [1.807, 2.05) is 42.5 Å². The highest BCUT2D eigenvalue weighted by atomic mass is 16.5. The number of ether oxygens (including phenoxy) is 2. The minimum atomic E-state index is -0.157. The number of methoxy groups -OCH3 is 1. The van der Waals surface area contributed by atoms with Gasteiger partial charge in [0.25, 0.3) is 5.91 Å². The summed E-state index contributed by atoms with van der Waals surface area (Å²) >= 11 is 0. The second-order valence-electron chi connectivity index (χ2n) is 4.49. The van der Waals surface area contributed by atoms with Gasteiger partial charge >= 0.3 is 0 Å². The number of carbonyl (C=O) groups excluding carboxylic acids is 1. The molecule has 0 radical (unpaired) electrons. The summed E-state index contributed by atoms with van der Waals surface area (Å²) in [4.78, 5) is 12.0. The third-order valence-corrected chi connectivity index (χ3v) is 3.00. The van der Waals surface area contributed by atoms with Crippen LogP contribution >= 0.6 is 0 Å². The first kappa shape index (κ1) is 15.1. The predicted octanol–water partition coefficient (Wildman–Crippen LogP) is 2.64. The molecule has 0 aliphatic rings. The number of benzene rings is 2. The summed E-state index contributed by atoms with van der Waals surface area (Å²) in [5.74, 6) is 0.413. The van der Waals surface area contributed by atoms with Gasteiger partial charge in [0.2, 0.25) is 0 Å². The van der Waals surface area contributed by atoms with Gasteiger partial charge in [0.1, 0.15) is 5.75 Å². The van der Waals surface area contributed by atoms with Gasteiger partial charge in [-0.1, -0.05) is 42.5 Å². The van der Waals surface area contributed by atoms with Crippen LogP contribution in [0.2, 0.25) is 0 Å². The molecule has 0 saturated carbocycles.